The van der Waals surface area contributed by atoms with E-state index in [1.165, 1.54) is 0 Å². The molecule has 1 aromatic heterocycles. The Bertz CT molecular complexity index is 550. The van der Waals surface area contributed by atoms with Gasteiger partial charge < -0.3 is 9.84 Å². The van der Waals surface area contributed by atoms with Crippen LogP contribution >= 0.6 is 11.6 Å². The molecule has 1 fully saturated rings. The number of hydrogen-bond acceptors (Lipinski definition) is 4. The molecule has 10 heteroatoms. The molecule has 3 atom stereocenters. The molecule has 0 amide bonds. The molecule has 0 aliphatic carbocycles. The largest absolute Gasteiger partial charge is 0.394 e. The lowest BCUT2D eigenvalue weighted by molar-refractivity contribution is -0.0356. The fourth-order valence-corrected chi connectivity index (χ4v) is 1.85. The summed E-state index contributed by atoms with van der Waals surface area (Å²) >= 11 is 5.57. The van der Waals surface area contributed by atoms with E-state index in [-0.39, 0.29) is 11.4 Å². The van der Waals surface area contributed by atoms with Gasteiger partial charge in [0, 0.05) is 12.6 Å². The molecule has 114 valence electrons. The van der Waals surface area contributed by atoms with Crippen LogP contribution in [0, 0.1) is 0 Å². The molecule has 6 nitrogen and oxygen atoms in total. The van der Waals surface area contributed by atoms with Crippen LogP contribution in [0.2, 0.25) is 5.02 Å². The van der Waals surface area contributed by atoms with Crippen molar-refractivity contribution in [1.82, 2.24) is 9.55 Å². The Morgan fingerprint density at radius 2 is 2.10 bits per heavy atom. The number of hydrogen-bond donors (Lipinski definition) is 2. The first kappa shape index (κ1) is 16.7. The van der Waals surface area contributed by atoms with Crippen molar-refractivity contribution in [3.05, 3.63) is 32.1 Å². The fraction of sp³-hybridized carbons (Fsp3) is 0.600. The van der Waals surface area contributed by atoms with E-state index in [4.69, 9.17) is 21.4 Å². The first-order valence-electron chi connectivity index (χ1n) is 5.47. The van der Waals surface area contributed by atoms with Crippen molar-refractivity contribution >= 4 is 11.6 Å². The van der Waals surface area contributed by atoms with Gasteiger partial charge in [0.25, 0.3) is 5.56 Å². The Morgan fingerprint density at radius 3 is 2.60 bits per heavy atom. The second-order valence-corrected chi connectivity index (χ2v) is 4.22. The van der Waals surface area contributed by atoms with E-state index in [2.05, 4.69) is 0 Å². The summed E-state index contributed by atoms with van der Waals surface area (Å²) < 4.78 is 38.7. The molecule has 3 unspecified atom stereocenters. The number of H-pyrrole nitrogens is 1. The Kier molecular flexibility index (Phi) is 6.24. The molecule has 1 aliphatic heterocycles. The molecule has 0 spiro atoms. The number of aliphatic hydroxyl groups is 1. The molecule has 0 aromatic carbocycles. The zero-order valence-corrected chi connectivity index (χ0v) is 10.8. The van der Waals surface area contributed by atoms with Crippen molar-refractivity contribution in [3.63, 3.8) is 0 Å². The smallest absolute Gasteiger partial charge is 0.330 e. The van der Waals surface area contributed by atoms with Crippen LogP contribution in [0.4, 0.5) is 13.2 Å². The normalized spacial score (nSPS) is 25.1. The molecule has 0 bridgehead atoms. The van der Waals surface area contributed by atoms with Gasteiger partial charge in [-0.1, -0.05) is 11.6 Å². The number of aromatic nitrogens is 2. The SMILES string of the molecule is FCF.O=c1[nH]c(=O)n(C2CC(F)C(CO)O2)cc1Cl. The van der Waals surface area contributed by atoms with E-state index >= 15 is 0 Å². The van der Waals surface area contributed by atoms with Crippen LogP contribution < -0.4 is 11.2 Å². The van der Waals surface area contributed by atoms with Gasteiger partial charge in [-0.2, -0.15) is 0 Å². The summed E-state index contributed by atoms with van der Waals surface area (Å²) in [5.74, 6) is 0. The molecule has 1 aliphatic rings. The molecule has 2 N–H and O–H groups in total. The number of nitrogens with zero attached hydrogens (tertiary/aromatic N) is 1. The summed E-state index contributed by atoms with van der Waals surface area (Å²) in [6.45, 7) is -2.22. The maximum Gasteiger partial charge on any atom is 0.330 e. The minimum atomic E-state index is -1.75. The van der Waals surface area contributed by atoms with Crippen LogP contribution in [0.15, 0.2) is 15.8 Å². The maximum absolute atomic E-state index is 13.3. The number of halogens is 4. The van der Waals surface area contributed by atoms with Gasteiger partial charge in [-0.25, -0.2) is 18.0 Å². The molecule has 0 radical (unpaired) electrons. The van der Waals surface area contributed by atoms with E-state index in [0.29, 0.717) is 0 Å². The molecule has 1 aromatic rings. The zero-order valence-electron chi connectivity index (χ0n) is 10.1. The Balaban J connectivity index is 0.000000612. The third-order valence-electron chi connectivity index (χ3n) is 2.58. The van der Waals surface area contributed by atoms with Gasteiger partial charge in [0.15, 0.2) is 0 Å². The quantitative estimate of drug-likeness (QED) is 0.841. The van der Waals surface area contributed by atoms with Gasteiger partial charge in [-0.05, 0) is 0 Å². The van der Waals surface area contributed by atoms with Crippen LogP contribution in [0.3, 0.4) is 0 Å². The second-order valence-electron chi connectivity index (χ2n) is 3.81. The van der Waals surface area contributed by atoms with Crippen molar-refractivity contribution in [3.8, 4) is 0 Å². The van der Waals surface area contributed by atoms with Crippen LogP contribution in [0.5, 0.6) is 0 Å². The summed E-state index contributed by atoms with van der Waals surface area (Å²) in [7, 11) is 0. The van der Waals surface area contributed by atoms with Gasteiger partial charge in [0.1, 0.15) is 23.5 Å². The highest BCUT2D eigenvalue weighted by Crippen LogP contribution is 2.29. The standard InChI is InChI=1S/C9H10ClFN2O4.CH2F2/c10-4-2-13(9(16)12-8(4)15)7-1-5(11)6(3-14)17-7;2-1-3/h2,5-7,14H,1,3H2,(H,12,15,16);1H2. The minimum Gasteiger partial charge on any atom is -0.394 e. The van der Waals surface area contributed by atoms with E-state index in [1.54, 1.807) is 0 Å². The maximum atomic E-state index is 13.3. The van der Waals surface area contributed by atoms with Crippen molar-refractivity contribution in [1.29, 1.82) is 0 Å². The van der Waals surface area contributed by atoms with Gasteiger partial charge in [-0.15, -0.1) is 0 Å². The van der Waals surface area contributed by atoms with Gasteiger partial charge in [0.2, 0.25) is 6.93 Å². The Morgan fingerprint density at radius 1 is 1.50 bits per heavy atom. The van der Waals surface area contributed by atoms with Gasteiger partial charge >= 0.3 is 5.69 Å². The molecule has 2 rings (SSSR count). The predicted octanol–water partition coefficient (Wildman–Crippen LogP) is 0.691. The average molecular weight is 317 g/mol. The van der Waals surface area contributed by atoms with Crippen LogP contribution in [0.1, 0.15) is 12.6 Å². The van der Waals surface area contributed by atoms with E-state index in [0.717, 1.165) is 10.8 Å². The van der Waals surface area contributed by atoms with Crippen LogP contribution in [-0.4, -0.2) is 40.5 Å². The third kappa shape index (κ3) is 3.84. The minimum absolute atomic E-state index is 0.0759. The van der Waals surface area contributed by atoms with Gasteiger partial charge in [0.05, 0.1) is 6.61 Å². The Hall–Kier alpha value is -1.32. The van der Waals surface area contributed by atoms with Gasteiger partial charge in [-0.3, -0.25) is 14.3 Å². The first-order chi connectivity index (χ1) is 9.44. The highest BCUT2D eigenvalue weighted by molar-refractivity contribution is 6.30. The van der Waals surface area contributed by atoms with Crippen molar-refractivity contribution < 1.29 is 23.0 Å². The molecule has 1 saturated heterocycles. The van der Waals surface area contributed by atoms with Crippen LogP contribution in [-0.2, 0) is 4.74 Å². The zero-order chi connectivity index (χ0) is 15.3. The average Bonchev–Trinajstić information content (AvgIpc) is 2.76. The summed E-state index contributed by atoms with van der Waals surface area (Å²) in [5.41, 5.74) is -1.43. The number of rotatable bonds is 2. The number of nitrogens with one attached hydrogen (secondary N) is 1. The molecular weight excluding hydrogens is 305 g/mol. The number of ether oxygens (including phenoxy) is 1. The van der Waals surface area contributed by atoms with E-state index < -0.39 is 43.3 Å². The van der Waals surface area contributed by atoms with Crippen LogP contribution in [0.25, 0.3) is 0 Å². The topological polar surface area (TPSA) is 84.3 Å². The number of alkyl halides is 3. The lowest BCUT2D eigenvalue weighted by Gasteiger charge is -2.14. The molecule has 2 heterocycles. The second kappa shape index (κ2) is 7.46. The lowest BCUT2D eigenvalue weighted by atomic mass is 10.2. The summed E-state index contributed by atoms with van der Waals surface area (Å²) in [4.78, 5) is 24.5. The van der Waals surface area contributed by atoms with Crippen molar-refractivity contribution in [2.45, 2.75) is 24.9 Å². The summed E-state index contributed by atoms with van der Waals surface area (Å²) in [5, 5.41) is 8.65. The summed E-state index contributed by atoms with van der Waals surface area (Å²) in [6, 6.07) is 0. The van der Waals surface area contributed by atoms with E-state index in [1.807, 2.05) is 4.98 Å². The van der Waals surface area contributed by atoms with Crippen molar-refractivity contribution in [2.75, 3.05) is 13.5 Å². The Labute approximate surface area is 115 Å². The predicted molar refractivity (Wildman–Crippen MR) is 63.9 cm³/mol. The highest BCUT2D eigenvalue weighted by Gasteiger charge is 2.36. The molecular formula is C10H12ClF3N2O4. The molecule has 0 saturated carbocycles. The lowest BCUT2D eigenvalue weighted by Crippen LogP contribution is -2.32. The fourth-order valence-electron chi connectivity index (χ4n) is 1.70. The highest BCUT2D eigenvalue weighted by atomic mass is 35.5. The van der Waals surface area contributed by atoms with Crippen molar-refractivity contribution in [2.24, 2.45) is 0 Å². The third-order valence-corrected chi connectivity index (χ3v) is 2.85. The molecule has 20 heavy (non-hydrogen) atoms. The first-order valence-corrected chi connectivity index (χ1v) is 5.85. The number of aliphatic hydroxyl groups excluding tert-OH is 1. The summed E-state index contributed by atoms with van der Waals surface area (Å²) in [6.07, 6.45) is -2.17. The monoisotopic (exact) mass is 316 g/mol. The number of aromatic amines is 1. The van der Waals surface area contributed by atoms with E-state index in [9.17, 15) is 22.8 Å².